The third-order valence-corrected chi connectivity index (χ3v) is 5.58. The van der Waals surface area contributed by atoms with Crippen LogP contribution in [0.1, 0.15) is 24.2 Å². The topological polar surface area (TPSA) is 149 Å². The van der Waals surface area contributed by atoms with Gasteiger partial charge in [0.25, 0.3) is 15.9 Å². The number of rotatable bonds is 7. The highest BCUT2D eigenvalue weighted by Gasteiger charge is 2.20. The number of anilines is 1. The van der Waals surface area contributed by atoms with Gasteiger partial charge >= 0.3 is 12.0 Å². The number of ether oxygens (including phenoxy) is 3. The van der Waals surface area contributed by atoms with E-state index >= 15 is 0 Å². The molecule has 3 N–H and O–H groups in total. The van der Waals surface area contributed by atoms with Crippen molar-refractivity contribution in [1.82, 2.24) is 10.6 Å². The van der Waals surface area contributed by atoms with Crippen LogP contribution in [0.3, 0.4) is 0 Å². The summed E-state index contributed by atoms with van der Waals surface area (Å²) >= 11 is 0. The first-order valence-corrected chi connectivity index (χ1v) is 11.4. The quantitative estimate of drug-likeness (QED) is 0.510. The van der Waals surface area contributed by atoms with Crippen molar-refractivity contribution in [1.29, 1.82) is 0 Å². The lowest BCUT2D eigenvalue weighted by atomic mass is 10.2. The molecule has 0 aromatic heterocycles. The van der Waals surface area contributed by atoms with Gasteiger partial charge in [-0.1, -0.05) is 0 Å². The first-order chi connectivity index (χ1) is 15.6. The number of urea groups is 1. The number of amides is 3. The predicted molar refractivity (Wildman–Crippen MR) is 117 cm³/mol. The number of imide groups is 1. The summed E-state index contributed by atoms with van der Waals surface area (Å²) in [6.07, 6.45) is 0. The van der Waals surface area contributed by atoms with Crippen LogP contribution in [0.15, 0.2) is 47.4 Å². The maximum atomic E-state index is 12.7. The van der Waals surface area contributed by atoms with Crippen LogP contribution < -0.4 is 24.8 Å². The fraction of sp³-hybridized carbons (Fsp3) is 0.286. The molecule has 11 nitrogen and oxygen atoms in total. The second kappa shape index (κ2) is 10.2. The van der Waals surface area contributed by atoms with Crippen LogP contribution in [-0.2, 0) is 19.6 Å². The molecule has 0 atom stereocenters. The average molecular weight is 477 g/mol. The van der Waals surface area contributed by atoms with E-state index in [1.54, 1.807) is 13.8 Å². The highest BCUT2D eigenvalue weighted by atomic mass is 32.2. The molecule has 12 heteroatoms. The molecular weight excluding hydrogens is 454 g/mol. The molecule has 0 saturated heterocycles. The van der Waals surface area contributed by atoms with E-state index in [0.717, 1.165) is 0 Å². The van der Waals surface area contributed by atoms with Crippen molar-refractivity contribution in [3.63, 3.8) is 0 Å². The maximum Gasteiger partial charge on any atom is 0.338 e. The fourth-order valence-corrected chi connectivity index (χ4v) is 3.83. The Morgan fingerprint density at radius 2 is 1.67 bits per heavy atom. The third kappa shape index (κ3) is 6.59. The minimum Gasteiger partial charge on any atom is -0.486 e. The minimum absolute atomic E-state index is 0.0113. The van der Waals surface area contributed by atoms with E-state index in [2.05, 4.69) is 10.0 Å². The molecule has 2 aromatic carbocycles. The van der Waals surface area contributed by atoms with Gasteiger partial charge in [0.15, 0.2) is 18.1 Å². The van der Waals surface area contributed by atoms with Crippen molar-refractivity contribution in [2.75, 3.05) is 24.5 Å². The van der Waals surface area contributed by atoms with Crippen molar-refractivity contribution in [2.24, 2.45) is 0 Å². The molecule has 0 spiro atoms. The van der Waals surface area contributed by atoms with Crippen molar-refractivity contribution in [2.45, 2.75) is 24.8 Å². The molecule has 0 bridgehead atoms. The van der Waals surface area contributed by atoms with Crippen LogP contribution in [0.5, 0.6) is 11.5 Å². The Morgan fingerprint density at radius 3 is 2.33 bits per heavy atom. The SMILES string of the molecule is CC(C)NC(=O)NC(=O)COC(=O)c1ccc(NS(=O)(=O)c2ccc3c(c2)OCCO3)cc1. The number of nitrogens with one attached hydrogen (secondary N) is 3. The van der Waals surface area contributed by atoms with E-state index in [4.69, 9.17) is 14.2 Å². The first-order valence-electron chi connectivity index (χ1n) is 9.94. The Hall–Kier alpha value is -3.80. The van der Waals surface area contributed by atoms with Crippen molar-refractivity contribution < 1.29 is 37.0 Å². The minimum atomic E-state index is -3.91. The molecule has 2 aromatic rings. The lowest BCUT2D eigenvalue weighted by Crippen LogP contribution is -2.44. The Bertz CT molecular complexity index is 1150. The van der Waals surface area contributed by atoms with Crippen LogP contribution in [-0.4, -0.2) is 52.2 Å². The van der Waals surface area contributed by atoms with Crippen LogP contribution in [0.25, 0.3) is 0 Å². The van der Waals surface area contributed by atoms with Crippen LogP contribution in [0.4, 0.5) is 10.5 Å². The fourth-order valence-electron chi connectivity index (χ4n) is 2.75. The zero-order valence-corrected chi connectivity index (χ0v) is 18.7. The molecular formula is C21H23N3O8S. The van der Waals surface area contributed by atoms with E-state index in [9.17, 15) is 22.8 Å². The smallest absolute Gasteiger partial charge is 0.338 e. The normalized spacial score (nSPS) is 12.6. The monoisotopic (exact) mass is 477 g/mol. The number of esters is 1. The zero-order chi connectivity index (χ0) is 24.0. The second-order valence-electron chi connectivity index (χ2n) is 7.24. The molecule has 3 rings (SSSR count). The average Bonchev–Trinajstić information content (AvgIpc) is 2.76. The Balaban J connectivity index is 1.56. The van der Waals surface area contributed by atoms with E-state index < -0.39 is 34.5 Å². The van der Waals surface area contributed by atoms with E-state index in [1.165, 1.54) is 42.5 Å². The number of hydrogen-bond donors (Lipinski definition) is 3. The molecule has 176 valence electrons. The number of sulfonamides is 1. The van der Waals surface area contributed by atoms with Gasteiger partial charge < -0.3 is 19.5 Å². The van der Waals surface area contributed by atoms with Crippen LogP contribution >= 0.6 is 0 Å². The van der Waals surface area contributed by atoms with Gasteiger partial charge in [0.05, 0.1) is 10.5 Å². The van der Waals surface area contributed by atoms with Gasteiger partial charge in [-0.25, -0.2) is 18.0 Å². The molecule has 33 heavy (non-hydrogen) atoms. The molecule has 0 fully saturated rings. The number of fused-ring (bicyclic) bond motifs is 1. The summed E-state index contributed by atoms with van der Waals surface area (Å²) in [5.41, 5.74) is 0.307. The van der Waals surface area contributed by atoms with E-state index in [0.29, 0.717) is 24.7 Å². The van der Waals surface area contributed by atoms with Gasteiger partial charge in [0, 0.05) is 17.8 Å². The summed E-state index contributed by atoms with van der Waals surface area (Å²) < 4.78 is 43.4. The third-order valence-electron chi connectivity index (χ3n) is 4.20. The molecule has 1 aliphatic rings. The number of carbonyl (C=O) groups excluding carboxylic acids is 3. The number of carbonyl (C=O) groups is 3. The number of hydrogen-bond acceptors (Lipinski definition) is 8. The van der Waals surface area contributed by atoms with Crippen molar-refractivity contribution in [3.05, 3.63) is 48.0 Å². The number of benzene rings is 2. The van der Waals surface area contributed by atoms with Crippen molar-refractivity contribution in [3.8, 4) is 11.5 Å². The highest BCUT2D eigenvalue weighted by molar-refractivity contribution is 7.92. The summed E-state index contributed by atoms with van der Waals surface area (Å²) in [7, 11) is -3.91. The summed E-state index contributed by atoms with van der Waals surface area (Å²) in [4.78, 5) is 35.2. The standard InChI is InChI=1S/C21H23N3O8S/c1-13(2)22-21(27)23-19(25)12-32-20(26)14-3-5-15(6-4-14)24-33(28,29)16-7-8-17-18(11-16)31-10-9-30-17/h3-8,11,13,24H,9-10,12H2,1-2H3,(H2,22,23,25,27). The predicted octanol–water partition coefficient (Wildman–Crippen LogP) is 1.65. The second-order valence-corrected chi connectivity index (χ2v) is 8.92. The summed E-state index contributed by atoms with van der Waals surface area (Å²) in [5, 5.41) is 4.49. The van der Waals surface area contributed by atoms with E-state index in [-0.39, 0.29) is 22.2 Å². The maximum absolute atomic E-state index is 12.7. The highest BCUT2D eigenvalue weighted by Crippen LogP contribution is 2.32. The van der Waals surface area contributed by atoms with Gasteiger partial charge in [-0.05, 0) is 50.2 Å². The zero-order valence-electron chi connectivity index (χ0n) is 17.9. The van der Waals surface area contributed by atoms with Crippen molar-refractivity contribution >= 4 is 33.6 Å². The lowest BCUT2D eigenvalue weighted by Gasteiger charge is -2.19. The Kier molecular flexibility index (Phi) is 7.38. The van der Waals surface area contributed by atoms with Gasteiger partial charge in [-0.3, -0.25) is 14.8 Å². The first kappa shape index (κ1) is 23.9. The van der Waals surface area contributed by atoms with Gasteiger partial charge in [-0.15, -0.1) is 0 Å². The largest absolute Gasteiger partial charge is 0.486 e. The van der Waals surface area contributed by atoms with Gasteiger partial charge in [0.2, 0.25) is 0 Å². The van der Waals surface area contributed by atoms with Gasteiger partial charge in [-0.2, -0.15) is 0 Å². The molecule has 1 aliphatic heterocycles. The molecule has 0 radical (unpaired) electrons. The molecule has 3 amide bonds. The van der Waals surface area contributed by atoms with Crippen LogP contribution in [0, 0.1) is 0 Å². The molecule has 1 heterocycles. The summed E-state index contributed by atoms with van der Waals surface area (Å²) in [5.74, 6) is -0.786. The van der Waals surface area contributed by atoms with Gasteiger partial charge in [0.1, 0.15) is 13.2 Å². The summed E-state index contributed by atoms with van der Waals surface area (Å²) in [6, 6.07) is 8.87. The van der Waals surface area contributed by atoms with E-state index in [1.807, 2.05) is 5.32 Å². The summed E-state index contributed by atoms with van der Waals surface area (Å²) in [6.45, 7) is 3.52. The molecule has 0 aliphatic carbocycles. The lowest BCUT2D eigenvalue weighted by molar-refractivity contribution is -0.123. The Morgan fingerprint density at radius 1 is 1.00 bits per heavy atom. The van der Waals surface area contributed by atoms with Crippen LogP contribution in [0.2, 0.25) is 0 Å². The Labute approximate surface area is 190 Å². The molecule has 0 unspecified atom stereocenters. The molecule has 0 saturated carbocycles.